The monoisotopic (exact) mass is 1610 g/mol. The van der Waals surface area contributed by atoms with Crippen molar-refractivity contribution in [1.82, 2.24) is 41.8 Å². The molecule has 3 atom stereocenters. The third kappa shape index (κ3) is 51.2. The number of ether oxygens (including phenoxy) is 3. The number of carbonyl (C=O) groups excluding carboxylic acids is 14. The van der Waals surface area contributed by atoms with Gasteiger partial charge in [-0.1, -0.05) is 57.9 Å². The number of unbranched alkanes of at least 4 members (excludes halogenated alkanes) is 3. The fourth-order valence-corrected chi connectivity index (χ4v) is 6.66. The van der Waals surface area contributed by atoms with Crippen LogP contribution in [0.3, 0.4) is 0 Å². The van der Waals surface area contributed by atoms with E-state index in [1.807, 2.05) is 0 Å². The summed E-state index contributed by atoms with van der Waals surface area (Å²) >= 11 is 11.6. The predicted molar refractivity (Wildman–Crippen MR) is 337 cm³/mol. The number of alkyl carbamates (subject to hydrolysis) is 3. The maximum absolute atomic E-state index is 12.3. The van der Waals surface area contributed by atoms with Crippen LogP contribution < -0.4 is 61.9 Å². The minimum absolute atomic E-state index is 0. The SMILES string of the molecule is CC#N.CC(C)(C)OC(=O)NCCCC[C@H](N)C(=O)O.CC(C)(C)OC(=O)NCCCC[C@H](NC(=O)CBr)C(=O)O.CC(C)(C)OC(=O)NCCCC[C@H](NC(=O)CBr)C(=O)ON1C(=O)CCC1=O.O=C(Br)CBr.O=C(ON1C(=O)CCC1=O)ON1C(=O)CCC1=O.[Na+].[OH-]. The van der Waals surface area contributed by atoms with Crippen LogP contribution in [0.15, 0.2) is 0 Å². The zero-order chi connectivity index (χ0) is 71.5. The summed E-state index contributed by atoms with van der Waals surface area (Å²) in [4.78, 5) is 193. The average Bonchev–Trinajstić information content (AvgIpc) is 1.72. The Morgan fingerprint density at radius 1 is 0.511 bits per heavy atom. The van der Waals surface area contributed by atoms with E-state index in [0.717, 1.165) is 0 Å². The zero-order valence-corrected chi connectivity index (χ0v) is 62.6. The van der Waals surface area contributed by atoms with Gasteiger partial charge < -0.3 is 67.1 Å². The Balaban J connectivity index is -0.000000363. The minimum atomic E-state index is -1.48. The van der Waals surface area contributed by atoms with Crippen molar-refractivity contribution in [3.63, 3.8) is 0 Å². The van der Waals surface area contributed by atoms with E-state index >= 15 is 0 Å². The van der Waals surface area contributed by atoms with Gasteiger partial charge in [-0.25, -0.2) is 24.0 Å². The van der Waals surface area contributed by atoms with E-state index in [4.69, 9.17) is 40.3 Å². The molecule has 0 aromatic carbocycles. The van der Waals surface area contributed by atoms with Crippen molar-refractivity contribution < 1.29 is 151 Å². The topological polar surface area (TPSA) is 519 Å². The number of amides is 11. The number of alkyl halides is 3. The van der Waals surface area contributed by atoms with E-state index in [-0.39, 0.29) is 111 Å². The zero-order valence-electron chi connectivity index (χ0n) is 54.3. The second kappa shape index (κ2) is 52.1. The number of nitriles is 1. The molecule has 35 nitrogen and oxygen atoms in total. The summed E-state index contributed by atoms with van der Waals surface area (Å²) in [6, 6.07) is -0.999. The number of carboxylic acids is 2. The number of halogens is 4. The van der Waals surface area contributed by atoms with Gasteiger partial charge in [-0.15, -0.1) is 5.06 Å². The molecule has 0 aromatic heterocycles. The Labute approximate surface area is 599 Å². The Morgan fingerprint density at radius 2 is 0.777 bits per heavy atom. The normalized spacial score (nSPS) is 13.9. The number of nitrogens with zero attached hydrogens (tertiary/aromatic N) is 4. The molecule has 3 fully saturated rings. The Bertz CT molecular complexity index is 2480. The fraction of sp³-hybridized carbons (Fsp3) is 0.685. The summed E-state index contributed by atoms with van der Waals surface area (Å²) in [5, 5.41) is 38.9. The van der Waals surface area contributed by atoms with Crippen LogP contribution in [0.4, 0.5) is 19.2 Å². The standard InChI is InChI=1S/C17H26BrN3O7.C13H23BrN2O5.C11H22N2O4.C9H8N2O7.C2H2Br2O.C2H3N.Na.H2O/c1-17(2,3)27-16(26)19-9-5-4-6-11(20-12(22)10-18)15(25)28-21-13(23)7-8-14(21)24;1-13(2,3)21-12(20)15-7-5-4-6-9(11(18)19)16-10(17)8-14;1-11(2,3)17-10(16)13-7-5-4-6-8(12)9(14)15;12-5-1-2-6(13)10(5)17-9(16)18-11-7(14)3-4-8(11)15;3-1-2(4)5;1-2-3;;/h11H,4-10H2,1-3H3,(H,19,26)(H,20,22);9H,4-8H2,1-3H3,(H,15,20)(H,16,17)(H,18,19);8H,4-7,12H2,1-3H3,(H,13,16)(H,14,15);1-4H2;1H2;1H3;;1H2/q;;;;;;+1;/p-1/t11-;9-;8-;;;;;/m000...../s1. The van der Waals surface area contributed by atoms with E-state index in [1.54, 1.807) is 68.4 Å². The molecule has 530 valence electrons. The molecule has 10 N–H and O–H groups in total. The van der Waals surface area contributed by atoms with Crippen LogP contribution in [0.2, 0.25) is 0 Å². The third-order valence-electron chi connectivity index (χ3n) is 10.2. The molecular formula is C54H85Br4N10NaO25. The number of carbonyl (C=O) groups is 16. The summed E-state index contributed by atoms with van der Waals surface area (Å²) in [5.41, 5.74) is 3.69. The number of carboxylic acid groups (broad SMARTS) is 2. The van der Waals surface area contributed by atoms with Crippen LogP contribution in [0.25, 0.3) is 0 Å². The summed E-state index contributed by atoms with van der Waals surface area (Å²) < 4.78 is 15.2. The molecule has 0 saturated carbocycles. The summed E-state index contributed by atoms with van der Waals surface area (Å²) in [7, 11) is 0. The number of nitrogens with two attached hydrogens (primary N) is 1. The smallest absolute Gasteiger partial charge is 0.870 e. The van der Waals surface area contributed by atoms with Gasteiger partial charge in [0, 0.05) is 65.1 Å². The van der Waals surface area contributed by atoms with Crippen LogP contribution in [0, 0.1) is 11.3 Å². The molecule has 0 unspecified atom stereocenters. The number of imide groups is 3. The van der Waals surface area contributed by atoms with Gasteiger partial charge >= 0.3 is 71.9 Å². The van der Waals surface area contributed by atoms with Crippen LogP contribution in [0.1, 0.15) is 166 Å². The van der Waals surface area contributed by atoms with Crippen LogP contribution in [0.5, 0.6) is 0 Å². The van der Waals surface area contributed by atoms with Crippen molar-refractivity contribution in [2.24, 2.45) is 5.73 Å². The number of rotatable bonds is 26. The molecule has 0 bridgehead atoms. The Hall–Kier alpha value is -6.15. The van der Waals surface area contributed by atoms with Crippen molar-refractivity contribution in [2.45, 2.75) is 200 Å². The van der Waals surface area contributed by atoms with Crippen molar-refractivity contribution in [3.05, 3.63) is 0 Å². The largest absolute Gasteiger partial charge is 1.00 e. The molecule has 40 heteroatoms. The van der Waals surface area contributed by atoms with Crippen LogP contribution in [-0.2, 0) is 86.3 Å². The van der Waals surface area contributed by atoms with Gasteiger partial charge in [0.15, 0.2) is 0 Å². The minimum Gasteiger partial charge on any atom is -0.870 e. The molecule has 0 spiro atoms. The van der Waals surface area contributed by atoms with Crippen LogP contribution >= 0.6 is 63.7 Å². The maximum atomic E-state index is 12.3. The van der Waals surface area contributed by atoms with Gasteiger partial charge in [-0.2, -0.15) is 10.1 Å². The van der Waals surface area contributed by atoms with Gasteiger partial charge in [0.1, 0.15) is 34.9 Å². The summed E-state index contributed by atoms with van der Waals surface area (Å²) in [6.45, 7) is 18.6. The van der Waals surface area contributed by atoms with E-state index < -0.39 is 119 Å². The molecular weight excluding hydrogens is 1530 g/mol. The van der Waals surface area contributed by atoms with E-state index in [9.17, 15) is 76.7 Å². The first-order chi connectivity index (χ1) is 42.6. The first-order valence-corrected chi connectivity index (χ1v) is 32.3. The van der Waals surface area contributed by atoms with Crippen molar-refractivity contribution >= 4 is 158 Å². The van der Waals surface area contributed by atoms with E-state index in [0.29, 0.717) is 81.4 Å². The quantitative estimate of drug-likeness (QED) is 0.0153. The van der Waals surface area contributed by atoms with Gasteiger partial charge in [0.2, 0.25) is 16.5 Å². The first kappa shape index (κ1) is 96.5. The fourth-order valence-electron chi connectivity index (χ4n) is 6.34. The number of nitrogens with one attached hydrogen (secondary N) is 5. The Kier molecular flexibility index (Phi) is 53.5. The number of hydrogen-bond donors (Lipinski definition) is 8. The third-order valence-corrected chi connectivity index (χ3v) is 12.8. The summed E-state index contributed by atoms with van der Waals surface area (Å²) in [6.07, 6.45) is 1.18. The number of hydroxylamine groups is 6. The second-order valence-electron chi connectivity index (χ2n) is 21.9. The Morgan fingerprint density at radius 3 is 1.03 bits per heavy atom. The van der Waals surface area contributed by atoms with Crippen molar-refractivity contribution in [3.8, 4) is 6.07 Å². The average molecular weight is 1620 g/mol. The molecule has 3 aliphatic rings. The van der Waals surface area contributed by atoms with Crippen LogP contribution in [-0.4, -0.2) is 196 Å². The number of aliphatic carboxylic acids is 2. The first-order valence-electron chi connectivity index (χ1n) is 28.1. The molecule has 3 rings (SSSR count). The molecule has 3 heterocycles. The second-order valence-corrected chi connectivity index (χ2v) is 24.4. The van der Waals surface area contributed by atoms with Gasteiger partial charge in [-0.05, 0) is 136 Å². The van der Waals surface area contributed by atoms with E-state index in [1.165, 1.54) is 6.92 Å². The number of hydrogen-bond acceptors (Lipinski definition) is 25. The molecule has 0 aliphatic carbocycles. The predicted octanol–water partition coefficient (Wildman–Crippen LogP) is 1.83. The van der Waals surface area contributed by atoms with Crippen molar-refractivity contribution in [2.75, 3.05) is 35.6 Å². The molecule has 94 heavy (non-hydrogen) atoms. The molecule has 0 radical (unpaired) electrons. The van der Waals surface area contributed by atoms with Crippen molar-refractivity contribution in [1.29, 1.82) is 5.26 Å². The van der Waals surface area contributed by atoms with Gasteiger partial charge in [0.25, 0.3) is 35.4 Å². The van der Waals surface area contributed by atoms with Gasteiger partial charge in [-0.3, -0.25) is 57.6 Å². The molecule has 11 amide bonds. The molecule has 3 aliphatic heterocycles. The molecule has 0 aromatic rings. The summed E-state index contributed by atoms with van der Waals surface area (Å²) in [5.74, 6) is -7.68. The van der Waals surface area contributed by atoms with E-state index in [2.05, 4.69) is 100.0 Å². The maximum Gasteiger partial charge on any atom is 1.00 e. The molecule has 3 saturated heterocycles. The van der Waals surface area contributed by atoms with Gasteiger partial charge in [0.05, 0.1) is 22.1 Å².